The van der Waals surface area contributed by atoms with E-state index in [0.717, 1.165) is 23.3 Å². The maximum Gasteiger partial charge on any atom is 0.226 e. The van der Waals surface area contributed by atoms with Crippen LogP contribution >= 0.6 is 15.9 Å². The number of halogens is 1. The third-order valence-corrected chi connectivity index (χ3v) is 3.62. The lowest BCUT2D eigenvalue weighted by Gasteiger charge is -2.22. The summed E-state index contributed by atoms with van der Waals surface area (Å²) in [5, 5.41) is 6.82. The van der Waals surface area contributed by atoms with Crippen LogP contribution in [0.1, 0.15) is 18.3 Å². The minimum atomic E-state index is 0.0635. The third-order valence-electron chi connectivity index (χ3n) is 3.21. The van der Waals surface area contributed by atoms with Crippen molar-refractivity contribution in [2.75, 3.05) is 18.6 Å². The van der Waals surface area contributed by atoms with Gasteiger partial charge < -0.3 is 9.64 Å². The smallest absolute Gasteiger partial charge is 0.226 e. The van der Waals surface area contributed by atoms with Crippen LogP contribution in [0.2, 0.25) is 0 Å². The molecule has 3 heterocycles. The van der Waals surface area contributed by atoms with Crippen molar-refractivity contribution in [2.24, 2.45) is 0 Å². The molecule has 0 bridgehead atoms. The molecule has 0 amide bonds. The van der Waals surface area contributed by atoms with E-state index in [1.807, 2.05) is 0 Å². The van der Waals surface area contributed by atoms with Crippen LogP contribution < -0.4 is 4.90 Å². The van der Waals surface area contributed by atoms with Crippen LogP contribution in [0.5, 0.6) is 0 Å². The zero-order valence-corrected chi connectivity index (χ0v) is 11.9. The number of hydrogen-bond acceptors (Lipinski definition) is 6. The zero-order valence-electron chi connectivity index (χ0n) is 10.3. The van der Waals surface area contributed by atoms with Crippen LogP contribution in [0.3, 0.4) is 0 Å². The Kier molecular flexibility index (Phi) is 3.43. The highest BCUT2D eigenvalue weighted by molar-refractivity contribution is 9.10. The zero-order chi connectivity index (χ0) is 13.2. The molecule has 100 valence electrons. The number of ether oxygens (including phenoxy) is 1. The Morgan fingerprint density at radius 2 is 2.16 bits per heavy atom. The molecule has 1 aliphatic rings. The SMILES string of the molecule is CO[C@@H]1C[C@@H](c2ncn[nH]2)N(c2ncc(Br)cn2)C1. The lowest BCUT2D eigenvalue weighted by Crippen LogP contribution is -2.27. The van der Waals surface area contributed by atoms with E-state index in [9.17, 15) is 0 Å². The van der Waals surface area contributed by atoms with Crippen LogP contribution in [0.4, 0.5) is 5.95 Å². The fourth-order valence-corrected chi connectivity index (χ4v) is 2.48. The molecule has 1 fully saturated rings. The predicted octanol–water partition coefficient (Wildman–Crippen LogP) is 1.32. The van der Waals surface area contributed by atoms with E-state index in [1.54, 1.807) is 19.5 Å². The highest BCUT2D eigenvalue weighted by Crippen LogP contribution is 2.33. The van der Waals surface area contributed by atoms with Crippen LogP contribution in [-0.4, -0.2) is 44.9 Å². The van der Waals surface area contributed by atoms with Crippen LogP contribution in [0, 0.1) is 0 Å². The van der Waals surface area contributed by atoms with Gasteiger partial charge in [-0.2, -0.15) is 5.10 Å². The molecule has 0 saturated carbocycles. The van der Waals surface area contributed by atoms with Gasteiger partial charge in [0.15, 0.2) is 0 Å². The summed E-state index contributed by atoms with van der Waals surface area (Å²) in [5.41, 5.74) is 0. The molecule has 0 spiro atoms. The van der Waals surface area contributed by atoms with Crippen molar-refractivity contribution < 1.29 is 4.74 Å². The fourth-order valence-electron chi connectivity index (χ4n) is 2.28. The molecule has 0 unspecified atom stereocenters. The van der Waals surface area contributed by atoms with Crippen LogP contribution in [-0.2, 0) is 4.74 Å². The first-order valence-corrected chi connectivity index (χ1v) is 6.69. The molecular formula is C11H13BrN6O. The maximum atomic E-state index is 5.45. The minimum absolute atomic E-state index is 0.0635. The van der Waals surface area contributed by atoms with Gasteiger partial charge in [-0.05, 0) is 15.9 Å². The number of rotatable bonds is 3. The number of aromatic amines is 1. The van der Waals surface area contributed by atoms with Gasteiger partial charge in [0.1, 0.15) is 12.2 Å². The van der Waals surface area contributed by atoms with Gasteiger partial charge in [0.2, 0.25) is 5.95 Å². The Bertz CT molecular complexity index is 531. The Morgan fingerprint density at radius 1 is 1.37 bits per heavy atom. The van der Waals surface area contributed by atoms with Gasteiger partial charge in [-0.25, -0.2) is 15.0 Å². The predicted molar refractivity (Wildman–Crippen MR) is 71.6 cm³/mol. The van der Waals surface area contributed by atoms with Gasteiger partial charge in [-0.1, -0.05) is 0 Å². The first-order chi connectivity index (χ1) is 9.28. The molecule has 0 aromatic carbocycles. The van der Waals surface area contributed by atoms with Crippen molar-refractivity contribution in [1.29, 1.82) is 0 Å². The highest BCUT2D eigenvalue weighted by atomic mass is 79.9. The van der Waals surface area contributed by atoms with E-state index in [4.69, 9.17) is 4.74 Å². The second-order valence-corrected chi connectivity index (χ2v) is 5.25. The van der Waals surface area contributed by atoms with Gasteiger partial charge in [-0.15, -0.1) is 0 Å². The molecule has 8 heteroatoms. The summed E-state index contributed by atoms with van der Waals surface area (Å²) < 4.78 is 6.30. The molecule has 2 atom stereocenters. The topological polar surface area (TPSA) is 79.8 Å². The summed E-state index contributed by atoms with van der Waals surface area (Å²) in [6, 6.07) is 0.0635. The van der Waals surface area contributed by atoms with Crippen molar-refractivity contribution in [2.45, 2.75) is 18.6 Å². The minimum Gasteiger partial charge on any atom is -0.380 e. The quantitative estimate of drug-likeness (QED) is 0.917. The van der Waals surface area contributed by atoms with Gasteiger partial charge >= 0.3 is 0 Å². The van der Waals surface area contributed by atoms with E-state index in [-0.39, 0.29) is 12.1 Å². The van der Waals surface area contributed by atoms with Crippen molar-refractivity contribution in [3.8, 4) is 0 Å². The number of methoxy groups -OCH3 is 1. The molecule has 2 aromatic heterocycles. The molecule has 2 aromatic rings. The second-order valence-electron chi connectivity index (χ2n) is 4.33. The van der Waals surface area contributed by atoms with Crippen LogP contribution in [0.15, 0.2) is 23.2 Å². The summed E-state index contributed by atoms with van der Waals surface area (Å²) in [5.74, 6) is 1.48. The number of anilines is 1. The van der Waals surface area contributed by atoms with Gasteiger partial charge in [0, 0.05) is 32.5 Å². The Hall–Kier alpha value is -1.54. The van der Waals surface area contributed by atoms with E-state index in [1.165, 1.54) is 6.33 Å². The summed E-state index contributed by atoms with van der Waals surface area (Å²) in [6.45, 7) is 0.740. The van der Waals surface area contributed by atoms with E-state index in [0.29, 0.717) is 5.95 Å². The molecule has 1 aliphatic heterocycles. The average Bonchev–Trinajstić information content (AvgIpc) is 3.08. The van der Waals surface area contributed by atoms with E-state index >= 15 is 0 Å². The molecular weight excluding hydrogens is 312 g/mol. The molecule has 3 rings (SSSR count). The van der Waals surface area contributed by atoms with Crippen molar-refractivity contribution in [3.05, 3.63) is 29.0 Å². The Labute approximate surface area is 118 Å². The number of nitrogens with zero attached hydrogens (tertiary/aromatic N) is 5. The van der Waals surface area contributed by atoms with Gasteiger partial charge in [-0.3, -0.25) is 5.10 Å². The van der Waals surface area contributed by atoms with Crippen molar-refractivity contribution in [1.82, 2.24) is 25.1 Å². The number of hydrogen-bond donors (Lipinski definition) is 1. The van der Waals surface area contributed by atoms with Crippen LogP contribution in [0.25, 0.3) is 0 Å². The largest absolute Gasteiger partial charge is 0.380 e. The highest BCUT2D eigenvalue weighted by Gasteiger charge is 2.36. The molecule has 7 nitrogen and oxygen atoms in total. The molecule has 1 N–H and O–H groups in total. The first kappa shape index (κ1) is 12.5. The van der Waals surface area contributed by atoms with E-state index < -0.39 is 0 Å². The fraction of sp³-hybridized carbons (Fsp3) is 0.455. The van der Waals surface area contributed by atoms with Gasteiger partial charge in [0.25, 0.3) is 0 Å². The standard InChI is InChI=1S/C11H13BrN6O/c1-19-8-2-9(10-15-6-16-17-10)18(5-8)11-13-3-7(12)4-14-11/h3-4,6,8-9H,2,5H2,1H3,(H,15,16,17)/t8-,9+/m1/s1. The van der Waals surface area contributed by atoms with Crippen molar-refractivity contribution in [3.63, 3.8) is 0 Å². The molecule has 0 aliphatic carbocycles. The second kappa shape index (κ2) is 5.22. The maximum absolute atomic E-state index is 5.45. The Balaban J connectivity index is 1.90. The van der Waals surface area contributed by atoms with E-state index in [2.05, 4.69) is 46.0 Å². The third kappa shape index (κ3) is 2.45. The lowest BCUT2D eigenvalue weighted by molar-refractivity contribution is 0.118. The summed E-state index contributed by atoms with van der Waals surface area (Å²) in [7, 11) is 1.72. The summed E-state index contributed by atoms with van der Waals surface area (Å²) >= 11 is 3.34. The number of aromatic nitrogens is 5. The van der Waals surface area contributed by atoms with Crippen molar-refractivity contribution >= 4 is 21.9 Å². The normalized spacial score (nSPS) is 22.9. The molecule has 19 heavy (non-hydrogen) atoms. The summed E-state index contributed by atoms with van der Waals surface area (Å²) in [6.07, 6.45) is 5.96. The lowest BCUT2D eigenvalue weighted by atomic mass is 10.2. The number of H-pyrrole nitrogens is 1. The summed E-state index contributed by atoms with van der Waals surface area (Å²) in [4.78, 5) is 15.0. The number of nitrogens with one attached hydrogen (secondary N) is 1. The molecule has 1 saturated heterocycles. The Morgan fingerprint density at radius 3 is 2.79 bits per heavy atom. The first-order valence-electron chi connectivity index (χ1n) is 5.90. The monoisotopic (exact) mass is 324 g/mol. The van der Waals surface area contributed by atoms with Gasteiger partial charge in [0.05, 0.1) is 16.6 Å². The average molecular weight is 325 g/mol. The molecule has 0 radical (unpaired) electrons.